The van der Waals surface area contributed by atoms with Gasteiger partial charge in [0.15, 0.2) is 17.5 Å². The van der Waals surface area contributed by atoms with Gasteiger partial charge >= 0.3 is 0 Å². The fraction of sp³-hybridized carbons (Fsp3) is 0.462. The first-order chi connectivity index (χ1) is 22.4. The summed E-state index contributed by atoms with van der Waals surface area (Å²) in [4.78, 5) is 14.2. The number of aromatic nitrogens is 3. The maximum Gasteiger partial charge on any atom is 0.167 e. The molecule has 0 saturated carbocycles. The number of hydrogen-bond acceptors (Lipinski definition) is 8. The van der Waals surface area contributed by atoms with Crippen molar-refractivity contribution in [1.82, 2.24) is 15.0 Å². The van der Waals surface area contributed by atoms with Crippen LogP contribution in [0.4, 0.5) is 0 Å². The van der Waals surface area contributed by atoms with E-state index in [9.17, 15) is 10.2 Å². The van der Waals surface area contributed by atoms with Crippen LogP contribution in [0.3, 0.4) is 0 Å². The van der Waals surface area contributed by atoms with Crippen LogP contribution in [-0.2, 0) is 0 Å². The molecule has 1 aromatic heterocycles. The number of nitrogens with zero attached hydrogens (tertiary/aromatic N) is 3. The Bertz CT molecular complexity index is 1440. The Hall–Kier alpha value is -4.33. The van der Waals surface area contributed by atoms with Crippen molar-refractivity contribution < 1.29 is 24.4 Å². The van der Waals surface area contributed by atoms with Crippen molar-refractivity contribution in [3.05, 3.63) is 60.7 Å². The molecule has 0 radical (unpaired) electrons. The smallest absolute Gasteiger partial charge is 0.167 e. The molecule has 254 valence electrons. The molecule has 0 fully saturated rings. The molecule has 0 aliphatic heterocycles. The van der Waals surface area contributed by atoms with E-state index in [0.29, 0.717) is 59.2 Å². The Morgan fingerprint density at radius 1 is 0.596 bits per heavy atom. The number of ether oxygens (including phenoxy) is 3. The van der Waals surface area contributed by atoms with E-state index in [-0.39, 0.29) is 30.6 Å². The van der Waals surface area contributed by atoms with Crippen LogP contribution in [0.5, 0.6) is 28.7 Å². The highest BCUT2D eigenvalue weighted by Crippen LogP contribution is 2.36. The van der Waals surface area contributed by atoms with Gasteiger partial charge in [-0.3, -0.25) is 0 Å². The van der Waals surface area contributed by atoms with Crippen LogP contribution in [0.2, 0.25) is 0 Å². The van der Waals surface area contributed by atoms with E-state index in [2.05, 4.69) is 27.7 Å². The average Bonchev–Trinajstić information content (AvgIpc) is 3.08. The van der Waals surface area contributed by atoms with Gasteiger partial charge in [0.2, 0.25) is 0 Å². The molecule has 0 spiro atoms. The lowest BCUT2D eigenvalue weighted by molar-refractivity contribution is 0.232. The summed E-state index contributed by atoms with van der Waals surface area (Å²) in [7, 11) is 1.61. The third-order valence-corrected chi connectivity index (χ3v) is 8.46. The van der Waals surface area contributed by atoms with E-state index in [1.54, 1.807) is 31.4 Å². The molecule has 0 saturated heterocycles. The van der Waals surface area contributed by atoms with Gasteiger partial charge in [-0.25, -0.2) is 15.0 Å². The van der Waals surface area contributed by atoms with Crippen LogP contribution in [-0.4, -0.2) is 45.5 Å². The van der Waals surface area contributed by atoms with Gasteiger partial charge in [-0.05, 0) is 73.2 Å². The molecule has 8 heteroatoms. The van der Waals surface area contributed by atoms with Gasteiger partial charge in [0.1, 0.15) is 28.7 Å². The fourth-order valence-electron chi connectivity index (χ4n) is 5.29. The number of aromatic hydroxyl groups is 2. The largest absolute Gasteiger partial charge is 0.507 e. The molecule has 0 aliphatic carbocycles. The number of benzene rings is 3. The lowest BCUT2D eigenvalue weighted by Gasteiger charge is -2.16. The van der Waals surface area contributed by atoms with Crippen LogP contribution in [0.15, 0.2) is 60.7 Å². The molecule has 2 unspecified atom stereocenters. The lowest BCUT2D eigenvalue weighted by Crippen LogP contribution is -2.11. The lowest BCUT2D eigenvalue weighted by atomic mass is 10.0. The van der Waals surface area contributed by atoms with Crippen molar-refractivity contribution >= 4 is 0 Å². The molecule has 1 heterocycles. The minimum Gasteiger partial charge on any atom is -0.507 e. The van der Waals surface area contributed by atoms with Crippen LogP contribution in [0.25, 0.3) is 34.2 Å². The van der Waals surface area contributed by atoms with Crippen LogP contribution in [0, 0.1) is 11.8 Å². The van der Waals surface area contributed by atoms with Gasteiger partial charge in [-0.2, -0.15) is 0 Å². The molecule has 0 aliphatic rings. The van der Waals surface area contributed by atoms with Crippen molar-refractivity contribution in [2.24, 2.45) is 11.8 Å². The summed E-state index contributed by atoms with van der Waals surface area (Å²) in [5, 5.41) is 22.2. The minimum atomic E-state index is -0.00143. The first-order valence-corrected chi connectivity index (χ1v) is 16.7. The Kier molecular flexibility index (Phi) is 14.8. The van der Waals surface area contributed by atoms with Gasteiger partial charge in [0.25, 0.3) is 0 Å². The predicted molar refractivity (Wildman–Crippen MR) is 190 cm³/mol. The van der Waals surface area contributed by atoms with Crippen molar-refractivity contribution in [2.45, 2.75) is 86.5 Å². The molecule has 2 atom stereocenters. The summed E-state index contributed by atoms with van der Waals surface area (Å²) < 4.78 is 17.4. The fourth-order valence-corrected chi connectivity index (χ4v) is 5.29. The summed E-state index contributed by atoms with van der Waals surface area (Å²) in [6.07, 6.45) is 9.00. The number of methoxy groups -OCH3 is 1. The zero-order valence-electron chi connectivity index (χ0n) is 28.0. The normalized spacial score (nSPS) is 12.2. The molecular formula is C39H53N3O5. The van der Waals surface area contributed by atoms with E-state index in [4.69, 9.17) is 29.2 Å². The summed E-state index contributed by atoms with van der Waals surface area (Å²) in [6, 6.07) is 17.8. The quantitative estimate of drug-likeness (QED) is 0.110. The van der Waals surface area contributed by atoms with Gasteiger partial charge in [-0.15, -0.1) is 0 Å². The summed E-state index contributed by atoms with van der Waals surface area (Å²) in [6.45, 7) is 9.95. The highest BCUT2D eigenvalue weighted by molar-refractivity contribution is 5.72. The predicted octanol–water partition coefficient (Wildman–Crippen LogP) is 10.1. The molecule has 4 aromatic rings. The maximum absolute atomic E-state index is 11.1. The Morgan fingerprint density at radius 2 is 1.02 bits per heavy atom. The summed E-state index contributed by atoms with van der Waals surface area (Å²) in [5.74, 6) is 3.77. The third-order valence-electron chi connectivity index (χ3n) is 8.46. The topological polar surface area (TPSA) is 107 Å². The number of hydrogen-bond donors (Lipinski definition) is 2. The van der Waals surface area contributed by atoms with Gasteiger partial charge < -0.3 is 24.4 Å². The van der Waals surface area contributed by atoms with E-state index in [1.165, 1.54) is 12.8 Å². The summed E-state index contributed by atoms with van der Waals surface area (Å²) in [5.41, 5.74) is 1.60. The Labute approximate surface area is 281 Å². The van der Waals surface area contributed by atoms with Crippen LogP contribution in [0.1, 0.15) is 86.5 Å². The second-order valence-electron chi connectivity index (χ2n) is 11.8. The van der Waals surface area contributed by atoms with Gasteiger partial charge in [0.05, 0.1) is 31.5 Å². The van der Waals surface area contributed by atoms with Crippen molar-refractivity contribution in [3.63, 3.8) is 0 Å². The molecular weight excluding hydrogens is 590 g/mol. The SMILES string of the molecule is C.CCCCC(CC)COc1ccc(-c2nc(-c3ccc(OC)cc3)nc(-c3ccc(OCC(CC)CCCC)cc3O)n2)c(O)c1. The van der Waals surface area contributed by atoms with Gasteiger partial charge in [-0.1, -0.05) is 73.6 Å². The summed E-state index contributed by atoms with van der Waals surface area (Å²) >= 11 is 0. The second kappa shape index (κ2) is 18.7. The number of unbranched alkanes of at least 4 members (excludes halogenated alkanes) is 2. The first kappa shape index (κ1) is 37.1. The molecule has 4 rings (SSSR count). The minimum absolute atomic E-state index is 0. The number of rotatable bonds is 18. The van der Waals surface area contributed by atoms with E-state index >= 15 is 0 Å². The van der Waals surface area contributed by atoms with Crippen LogP contribution >= 0.6 is 0 Å². The van der Waals surface area contributed by atoms with E-state index in [0.717, 1.165) is 44.1 Å². The Balaban J connectivity index is 0.00000600. The number of phenolic OH excluding ortho intramolecular Hbond substituents is 2. The molecule has 0 bridgehead atoms. The zero-order chi connectivity index (χ0) is 32.9. The zero-order valence-corrected chi connectivity index (χ0v) is 28.0. The second-order valence-corrected chi connectivity index (χ2v) is 11.8. The molecule has 3 aromatic carbocycles. The third kappa shape index (κ3) is 10.3. The van der Waals surface area contributed by atoms with E-state index < -0.39 is 0 Å². The monoisotopic (exact) mass is 643 g/mol. The molecule has 8 nitrogen and oxygen atoms in total. The molecule has 47 heavy (non-hydrogen) atoms. The number of phenols is 2. The molecule has 2 N–H and O–H groups in total. The van der Waals surface area contributed by atoms with Crippen molar-refractivity contribution in [2.75, 3.05) is 20.3 Å². The highest BCUT2D eigenvalue weighted by Gasteiger charge is 2.18. The van der Waals surface area contributed by atoms with E-state index in [1.807, 2.05) is 36.4 Å². The maximum atomic E-state index is 11.1. The van der Waals surface area contributed by atoms with Crippen molar-refractivity contribution in [3.8, 4) is 62.9 Å². The standard InChI is InChI=1S/C38H49N3O5.CH4/c1-6-10-12-26(8-3)24-45-30-18-20-32(34(42)22-30)37-39-36(28-14-16-29(44-5)17-15-28)40-38(41-37)33-21-19-31(23-35(33)43)46-25-27(9-4)13-11-7-2;/h14-23,26-27,42-43H,6-13,24-25H2,1-5H3;1H4. The average molecular weight is 644 g/mol. The van der Waals surface area contributed by atoms with Gasteiger partial charge in [0, 0.05) is 17.7 Å². The highest BCUT2D eigenvalue weighted by atomic mass is 16.5. The first-order valence-electron chi connectivity index (χ1n) is 16.7. The van der Waals surface area contributed by atoms with Crippen molar-refractivity contribution in [1.29, 1.82) is 0 Å². The van der Waals surface area contributed by atoms with Crippen LogP contribution < -0.4 is 14.2 Å². The molecule has 0 amide bonds. The Morgan fingerprint density at radius 3 is 1.40 bits per heavy atom.